The zero-order chi connectivity index (χ0) is 21.3. The molecule has 1 aliphatic carbocycles. The molecular formula is C23H26F2N2O3. The van der Waals surface area contributed by atoms with Crippen LogP contribution in [0.3, 0.4) is 0 Å². The Morgan fingerprint density at radius 2 is 1.80 bits per heavy atom. The van der Waals surface area contributed by atoms with Crippen molar-refractivity contribution >= 4 is 5.91 Å². The molecule has 0 unspecified atom stereocenters. The van der Waals surface area contributed by atoms with Crippen molar-refractivity contribution in [2.45, 2.75) is 38.4 Å². The maximum absolute atomic E-state index is 14.1. The number of carbonyl (C=O) groups excluding carboxylic acids is 1. The normalized spacial score (nSPS) is 15.8. The molecule has 7 heteroatoms. The Balaban J connectivity index is 1.45. The van der Waals surface area contributed by atoms with Crippen LogP contribution >= 0.6 is 0 Å². The second-order valence-electron chi connectivity index (χ2n) is 7.91. The molecule has 0 saturated heterocycles. The van der Waals surface area contributed by atoms with Gasteiger partial charge in [-0.25, -0.2) is 8.78 Å². The number of hydrogen-bond acceptors (Lipinski definition) is 4. The van der Waals surface area contributed by atoms with Crippen LogP contribution in [-0.2, 0) is 24.3 Å². The number of fused-ring (bicyclic) bond motifs is 1. The first kappa shape index (κ1) is 20.6. The molecule has 1 saturated carbocycles. The number of hydrogen-bond donors (Lipinski definition) is 0. The van der Waals surface area contributed by atoms with E-state index in [1.807, 2.05) is 21.9 Å². The quantitative estimate of drug-likeness (QED) is 0.693. The highest BCUT2D eigenvalue weighted by Gasteiger charge is 2.32. The minimum absolute atomic E-state index is 0.0184. The van der Waals surface area contributed by atoms with Crippen molar-refractivity contribution in [2.24, 2.45) is 0 Å². The van der Waals surface area contributed by atoms with Gasteiger partial charge >= 0.3 is 0 Å². The molecule has 1 fully saturated rings. The van der Waals surface area contributed by atoms with Gasteiger partial charge in [0.2, 0.25) is 5.91 Å². The Morgan fingerprint density at radius 3 is 2.43 bits per heavy atom. The molecule has 160 valence electrons. The summed E-state index contributed by atoms with van der Waals surface area (Å²) in [6.45, 7) is 1.67. The lowest BCUT2D eigenvalue weighted by atomic mass is 9.98. The van der Waals surface area contributed by atoms with Gasteiger partial charge in [-0.05, 0) is 48.6 Å². The molecule has 5 nitrogen and oxygen atoms in total. The molecule has 1 amide bonds. The molecule has 0 radical (unpaired) electrons. The van der Waals surface area contributed by atoms with E-state index in [1.165, 1.54) is 12.1 Å². The van der Waals surface area contributed by atoms with Crippen LogP contribution in [0.25, 0.3) is 0 Å². The number of ether oxygens (including phenoxy) is 2. The van der Waals surface area contributed by atoms with Gasteiger partial charge in [0.25, 0.3) is 0 Å². The highest BCUT2D eigenvalue weighted by molar-refractivity contribution is 5.78. The number of methoxy groups -OCH3 is 2. The van der Waals surface area contributed by atoms with Crippen LogP contribution < -0.4 is 9.47 Å². The van der Waals surface area contributed by atoms with E-state index in [9.17, 15) is 13.6 Å². The lowest BCUT2D eigenvalue weighted by molar-refractivity contribution is -0.133. The van der Waals surface area contributed by atoms with Crippen molar-refractivity contribution in [3.63, 3.8) is 0 Å². The van der Waals surface area contributed by atoms with Crippen molar-refractivity contribution in [3.05, 3.63) is 58.7 Å². The zero-order valence-electron chi connectivity index (χ0n) is 17.3. The SMILES string of the molecule is COc1cc2c(cc1OC)CN(C(=O)CN(Cc1ccc(F)cc1F)C1CC1)CC2. The molecule has 1 aliphatic heterocycles. The molecule has 0 N–H and O–H groups in total. The van der Waals surface area contributed by atoms with E-state index in [2.05, 4.69) is 0 Å². The summed E-state index contributed by atoms with van der Waals surface area (Å²) in [6.07, 6.45) is 2.74. The zero-order valence-corrected chi connectivity index (χ0v) is 17.3. The van der Waals surface area contributed by atoms with E-state index in [1.54, 1.807) is 14.2 Å². The molecule has 4 rings (SSSR count). The number of benzene rings is 2. The minimum Gasteiger partial charge on any atom is -0.493 e. The van der Waals surface area contributed by atoms with Crippen molar-refractivity contribution in [1.29, 1.82) is 0 Å². The van der Waals surface area contributed by atoms with Crippen LogP contribution in [0.2, 0.25) is 0 Å². The Kier molecular flexibility index (Phi) is 5.90. The topological polar surface area (TPSA) is 42.0 Å². The molecule has 1 heterocycles. The van der Waals surface area contributed by atoms with Crippen molar-refractivity contribution in [2.75, 3.05) is 27.3 Å². The van der Waals surface area contributed by atoms with E-state index in [0.717, 1.165) is 36.5 Å². The number of rotatable bonds is 7. The Hall–Kier alpha value is -2.67. The van der Waals surface area contributed by atoms with Gasteiger partial charge in [-0.1, -0.05) is 6.07 Å². The van der Waals surface area contributed by atoms with E-state index in [0.29, 0.717) is 36.7 Å². The molecule has 0 aromatic heterocycles. The molecule has 30 heavy (non-hydrogen) atoms. The minimum atomic E-state index is -0.593. The van der Waals surface area contributed by atoms with Crippen LogP contribution in [-0.4, -0.2) is 49.1 Å². The molecule has 2 aromatic rings. The van der Waals surface area contributed by atoms with E-state index in [-0.39, 0.29) is 18.5 Å². The standard InChI is InChI=1S/C23H26F2N2O3/c1-29-21-9-15-7-8-26(13-17(15)10-22(21)30-2)23(28)14-27(19-5-6-19)12-16-3-4-18(24)11-20(16)25/h3-4,9-11,19H,5-8,12-14H2,1-2H3. The summed E-state index contributed by atoms with van der Waals surface area (Å²) in [7, 11) is 3.21. The van der Waals surface area contributed by atoms with E-state index in [4.69, 9.17) is 9.47 Å². The molecule has 2 aliphatic rings. The molecule has 0 atom stereocenters. The van der Waals surface area contributed by atoms with Gasteiger partial charge in [0.1, 0.15) is 11.6 Å². The average molecular weight is 416 g/mol. The van der Waals surface area contributed by atoms with E-state index >= 15 is 0 Å². The van der Waals surface area contributed by atoms with Gasteiger partial charge in [-0.3, -0.25) is 9.69 Å². The Labute approximate surface area is 175 Å². The largest absolute Gasteiger partial charge is 0.493 e. The van der Waals surface area contributed by atoms with Gasteiger partial charge in [0, 0.05) is 37.3 Å². The lowest BCUT2D eigenvalue weighted by Crippen LogP contribution is -2.43. The van der Waals surface area contributed by atoms with Gasteiger partial charge in [0.15, 0.2) is 11.5 Å². The van der Waals surface area contributed by atoms with Gasteiger partial charge in [0.05, 0.1) is 20.8 Å². The maximum atomic E-state index is 14.1. The Bertz CT molecular complexity index is 946. The first-order chi connectivity index (χ1) is 14.5. The fraction of sp³-hybridized carbons (Fsp3) is 0.435. The van der Waals surface area contributed by atoms with Crippen molar-refractivity contribution in [3.8, 4) is 11.5 Å². The maximum Gasteiger partial charge on any atom is 0.237 e. The van der Waals surface area contributed by atoms with Gasteiger partial charge < -0.3 is 14.4 Å². The van der Waals surface area contributed by atoms with Crippen molar-refractivity contribution < 1.29 is 23.0 Å². The second kappa shape index (κ2) is 8.60. The van der Waals surface area contributed by atoms with Crippen LogP contribution in [0, 0.1) is 11.6 Å². The summed E-state index contributed by atoms with van der Waals surface area (Å²) < 4.78 is 38.1. The summed E-state index contributed by atoms with van der Waals surface area (Å²) in [4.78, 5) is 16.9. The second-order valence-corrected chi connectivity index (χ2v) is 7.91. The fourth-order valence-electron chi connectivity index (χ4n) is 3.99. The van der Waals surface area contributed by atoms with Crippen molar-refractivity contribution in [1.82, 2.24) is 9.80 Å². The first-order valence-electron chi connectivity index (χ1n) is 10.2. The number of amides is 1. The highest BCUT2D eigenvalue weighted by Crippen LogP contribution is 2.34. The summed E-state index contributed by atoms with van der Waals surface area (Å²) in [5, 5.41) is 0. The predicted octanol–water partition coefficient (Wildman–Crippen LogP) is 3.53. The number of carbonyl (C=O) groups is 1. The molecule has 0 spiro atoms. The first-order valence-corrected chi connectivity index (χ1v) is 10.2. The Morgan fingerprint density at radius 1 is 1.10 bits per heavy atom. The van der Waals surface area contributed by atoms with E-state index < -0.39 is 11.6 Å². The van der Waals surface area contributed by atoms with Gasteiger partial charge in [-0.15, -0.1) is 0 Å². The third-order valence-corrected chi connectivity index (χ3v) is 5.86. The summed E-state index contributed by atoms with van der Waals surface area (Å²) >= 11 is 0. The third kappa shape index (κ3) is 4.41. The van der Waals surface area contributed by atoms with Crippen LogP contribution in [0.1, 0.15) is 29.5 Å². The van der Waals surface area contributed by atoms with Crippen LogP contribution in [0.5, 0.6) is 11.5 Å². The highest BCUT2D eigenvalue weighted by atomic mass is 19.1. The summed E-state index contributed by atoms with van der Waals surface area (Å²) in [5.41, 5.74) is 2.62. The molecule has 0 bridgehead atoms. The predicted molar refractivity (Wildman–Crippen MR) is 108 cm³/mol. The number of halogens is 2. The summed E-state index contributed by atoms with van der Waals surface area (Å²) in [6, 6.07) is 7.80. The smallest absolute Gasteiger partial charge is 0.237 e. The fourth-order valence-corrected chi connectivity index (χ4v) is 3.99. The molecular weight excluding hydrogens is 390 g/mol. The summed E-state index contributed by atoms with van der Waals surface area (Å²) in [5.74, 6) is 0.199. The lowest BCUT2D eigenvalue weighted by Gasteiger charge is -2.32. The van der Waals surface area contributed by atoms with Crippen LogP contribution in [0.4, 0.5) is 8.78 Å². The number of nitrogens with zero attached hydrogens (tertiary/aromatic N) is 2. The average Bonchev–Trinajstić information content (AvgIpc) is 3.58. The van der Waals surface area contributed by atoms with Crippen LogP contribution in [0.15, 0.2) is 30.3 Å². The monoisotopic (exact) mass is 416 g/mol. The third-order valence-electron chi connectivity index (χ3n) is 5.86. The molecule has 2 aromatic carbocycles. The van der Waals surface area contributed by atoms with Gasteiger partial charge in [-0.2, -0.15) is 0 Å².